The Hall–Kier alpha value is -1.84. The lowest BCUT2D eigenvalue weighted by atomic mass is 9.94. The summed E-state index contributed by atoms with van der Waals surface area (Å²) in [4.78, 5) is 24.6. The number of hydrogen-bond donors (Lipinski definition) is 1. The highest BCUT2D eigenvalue weighted by Gasteiger charge is 2.25. The number of carbonyl (C=O) groups is 2. The Kier molecular flexibility index (Phi) is 9.81. The fourth-order valence-electron chi connectivity index (χ4n) is 2.65. The fraction of sp³-hybridized carbons (Fsp3) is 0.600. The molecule has 1 aromatic carbocycles. The van der Waals surface area contributed by atoms with Crippen LogP contribution in [0, 0.1) is 5.92 Å². The molecule has 0 heterocycles. The van der Waals surface area contributed by atoms with Crippen molar-refractivity contribution in [3.8, 4) is 5.75 Å². The van der Waals surface area contributed by atoms with E-state index in [0.717, 1.165) is 32.1 Å². The summed E-state index contributed by atoms with van der Waals surface area (Å²) in [5.41, 5.74) is 0. The number of carbonyl (C=O) groups excluding carboxylic acids is 2. The van der Waals surface area contributed by atoms with Crippen LogP contribution < -0.4 is 10.1 Å². The van der Waals surface area contributed by atoms with E-state index < -0.39 is 6.04 Å². The van der Waals surface area contributed by atoms with E-state index in [1.54, 1.807) is 12.1 Å². The number of nitrogens with one attached hydrogen (secondary N) is 1. The van der Waals surface area contributed by atoms with Crippen molar-refractivity contribution in [3.05, 3.63) is 30.3 Å². The molecule has 24 heavy (non-hydrogen) atoms. The largest absolute Gasteiger partial charge is 0.425 e. The number of rotatable bonds is 11. The van der Waals surface area contributed by atoms with Gasteiger partial charge in [0.05, 0.1) is 0 Å². The van der Waals surface area contributed by atoms with Gasteiger partial charge in [0.2, 0.25) is 5.91 Å². The molecule has 0 radical (unpaired) electrons. The normalized spacial score (nSPS) is 12.0. The van der Waals surface area contributed by atoms with Gasteiger partial charge in [-0.1, -0.05) is 64.7 Å². The molecular formula is C20H31NO3. The highest BCUT2D eigenvalue weighted by molar-refractivity contribution is 5.85. The second-order valence-electron chi connectivity index (χ2n) is 6.23. The first-order valence-corrected chi connectivity index (χ1v) is 9.16. The summed E-state index contributed by atoms with van der Waals surface area (Å²) in [6, 6.07) is 8.42. The van der Waals surface area contributed by atoms with E-state index in [-0.39, 0.29) is 11.9 Å². The lowest BCUT2D eigenvalue weighted by Crippen LogP contribution is -2.44. The van der Waals surface area contributed by atoms with Crippen molar-refractivity contribution in [1.82, 2.24) is 5.32 Å². The molecule has 0 saturated heterocycles. The first-order chi connectivity index (χ1) is 11.6. The molecule has 1 unspecified atom stereocenters. The third kappa shape index (κ3) is 7.62. The summed E-state index contributed by atoms with van der Waals surface area (Å²) in [6.45, 7) is 6.32. The molecule has 1 rings (SSSR count). The van der Waals surface area contributed by atoms with Crippen LogP contribution in [0.1, 0.15) is 65.7 Å². The maximum Gasteiger partial charge on any atom is 0.334 e. The van der Waals surface area contributed by atoms with Crippen LogP contribution in [0.2, 0.25) is 0 Å². The predicted octanol–water partition coefficient (Wildman–Crippen LogP) is 4.48. The van der Waals surface area contributed by atoms with Crippen LogP contribution in [-0.2, 0) is 9.59 Å². The van der Waals surface area contributed by atoms with Crippen LogP contribution >= 0.6 is 0 Å². The van der Waals surface area contributed by atoms with Gasteiger partial charge >= 0.3 is 5.97 Å². The number of amides is 1. The van der Waals surface area contributed by atoms with Gasteiger partial charge in [-0.25, -0.2) is 4.79 Å². The van der Waals surface area contributed by atoms with Crippen molar-refractivity contribution in [2.24, 2.45) is 5.92 Å². The van der Waals surface area contributed by atoms with Gasteiger partial charge in [-0.15, -0.1) is 0 Å². The topological polar surface area (TPSA) is 55.4 Å². The van der Waals surface area contributed by atoms with Gasteiger partial charge in [-0.3, -0.25) is 4.79 Å². The molecule has 0 spiro atoms. The Balaban J connectivity index is 2.68. The molecule has 1 N–H and O–H groups in total. The number of hydrogen-bond acceptors (Lipinski definition) is 3. The van der Waals surface area contributed by atoms with Gasteiger partial charge in [0.25, 0.3) is 0 Å². The lowest BCUT2D eigenvalue weighted by molar-refractivity contribution is -0.140. The zero-order valence-corrected chi connectivity index (χ0v) is 15.2. The van der Waals surface area contributed by atoms with Crippen molar-refractivity contribution in [3.63, 3.8) is 0 Å². The van der Waals surface area contributed by atoms with Crippen molar-refractivity contribution in [1.29, 1.82) is 0 Å². The molecule has 0 fully saturated rings. The molecule has 134 valence electrons. The average molecular weight is 333 g/mol. The van der Waals surface area contributed by atoms with Gasteiger partial charge in [0.1, 0.15) is 11.8 Å². The predicted molar refractivity (Wildman–Crippen MR) is 96.8 cm³/mol. The Morgan fingerprint density at radius 1 is 1.04 bits per heavy atom. The maximum absolute atomic E-state index is 12.5. The first-order valence-electron chi connectivity index (χ1n) is 9.16. The Bertz CT molecular complexity index is 483. The molecule has 0 aliphatic heterocycles. The summed E-state index contributed by atoms with van der Waals surface area (Å²) >= 11 is 0. The molecule has 4 heteroatoms. The highest BCUT2D eigenvalue weighted by Crippen LogP contribution is 2.17. The van der Waals surface area contributed by atoms with Crippen LogP contribution in [-0.4, -0.2) is 17.9 Å². The Labute approximate surface area is 146 Å². The van der Waals surface area contributed by atoms with Crippen LogP contribution in [0.15, 0.2) is 30.3 Å². The molecule has 0 saturated carbocycles. The van der Waals surface area contributed by atoms with Gasteiger partial charge in [0.15, 0.2) is 0 Å². The summed E-state index contributed by atoms with van der Waals surface area (Å²) < 4.78 is 5.44. The molecular weight excluding hydrogens is 302 g/mol. The van der Waals surface area contributed by atoms with E-state index in [9.17, 15) is 9.59 Å². The van der Waals surface area contributed by atoms with Crippen molar-refractivity contribution in [2.45, 2.75) is 71.8 Å². The highest BCUT2D eigenvalue weighted by atomic mass is 16.5. The molecule has 1 atom stereocenters. The number of benzene rings is 1. The van der Waals surface area contributed by atoms with E-state index in [1.165, 1.54) is 0 Å². The zero-order valence-electron chi connectivity index (χ0n) is 15.2. The Morgan fingerprint density at radius 3 is 2.29 bits per heavy atom. The van der Waals surface area contributed by atoms with Crippen LogP contribution in [0.3, 0.4) is 0 Å². The van der Waals surface area contributed by atoms with E-state index in [0.29, 0.717) is 24.5 Å². The standard InChI is InChI=1S/C20H31NO3/c1-4-7-9-14-19(22)21-18(15-16(5-2)6-3)20(23)24-17-12-10-8-11-13-17/h8,10-13,16,18H,4-7,9,14-15H2,1-3H3,(H,21,22). The first kappa shape index (κ1) is 20.2. The third-order valence-corrected chi connectivity index (χ3v) is 4.31. The number of ether oxygens (including phenoxy) is 1. The molecule has 1 aromatic rings. The average Bonchev–Trinajstić information content (AvgIpc) is 2.59. The molecule has 0 aliphatic rings. The minimum Gasteiger partial charge on any atom is -0.425 e. The summed E-state index contributed by atoms with van der Waals surface area (Å²) in [6.07, 6.45) is 6.01. The monoisotopic (exact) mass is 333 g/mol. The smallest absolute Gasteiger partial charge is 0.334 e. The van der Waals surface area contributed by atoms with Gasteiger partial charge in [-0.05, 0) is 30.9 Å². The summed E-state index contributed by atoms with van der Waals surface area (Å²) in [5, 5.41) is 2.88. The van der Waals surface area contributed by atoms with Crippen LogP contribution in [0.25, 0.3) is 0 Å². The van der Waals surface area contributed by atoms with Crippen molar-refractivity contribution < 1.29 is 14.3 Å². The van der Waals surface area contributed by atoms with Gasteiger partial charge < -0.3 is 10.1 Å². The number of para-hydroxylation sites is 1. The fourth-order valence-corrected chi connectivity index (χ4v) is 2.65. The molecule has 0 aliphatic carbocycles. The van der Waals surface area contributed by atoms with E-state index in [4.69, 9.17) is 4.74 Å². The van der Waals surface area contributed by atoms with Gasteiger partial charge in [-0.2, -0.15) is 0 Å². The van der Waals surface area contributed by atoms with Crippen molar-refractivity contribution >= 4 is 11.9 Å². The SMILES string of the molecule is CCCCCC(=O)NC(CC(CC)CC)C(=O)Oc1ccccc1. The summed E-state index contributed by atoms with van der Waals surface area (Å²) in [7, 11) is 0. The Morgan fingerprint density at radius 2 is 1.71 bits per heavy atom. The molecule has 0 bridgehead atoms. The quantitative estimate of drug-likeness (QED) is 0.369. The number of unbranched alkanes of at least 4 members (excludes halogenated alkanes) is 2. The third-order valence-electron chi connectivity index (χ3n) is 4.31. The van der Waals surface area contributed by atoms with Crippen molar-refractivity contribution in [2.75, 3.05) is 0 Å². The van der Waals surface area contributed by atoms with Gasteiger partial charge in [0, 0.05) is 6.42 Å². The van der Waals surface area contributed by atoms with Crippen LogP contribution in [0.5, 0.6) is 5.75 Å². The minimum absolute atomic E-state index is 0.0654. The van der Waals surface area contributed by atoms with Crippen LogP contribution in [0.4, 0.5) is 0 Å². The second-order valence-corrected chi connectivity index (χ2v) is 6.23. The maximum atomic E-state index is 12.5. The summed E-state index contributed by atoms with van der Waals surface area (Å²) in [5.74, 6) is 0.466. The number of esters is 1. The second kappa shape index (κ2) is 11.7. The lowest BCUT2D eigenvalue weighted by Gasteiger charge is -2.22. The van der Waals surface area contributed by atoms with E-state index >= 15 is 0 Å². The molecule has 1 amide bonds. The molecule has 0 aromatic heterocycles. The molecule has 4 nitrogen and oxygen atoms in total. The minimum atomic E-state index is -0.579. The van der Waals surface area contributed by atoms with E-state index in [2.05, 4.69) is 26.1 Å². The van der Waals surface area contributed by atoms with E-state index in [1.807, 2.05) is 18.2 Å². The zero-order chi connectivity index (χ0) is 17.8.